The number of sulfonamides is 1. The minimum atomic E-state index is -3.31. The topological polar surface area (TPSA) is 49.4 Å². The normalized spacial score (nSPS) is 12.2. The molecule has 6 heteroatoms. The summed E-state index contributed by atoms with van der Waals surface area (Å²) in [6.07, 6.45) is 1.91. The number of unbranched alkanes of at least 4 members (excludes halogenated alkanes) is 1. The van der Waals surface area contributed by atoms with Crippen LogP contribution in [0, 0.1) is 0 Å². The summed E-state index contributed by atoms with van der Waals surface area (Å²) < 4.78 is 26.5. The summed E-state index contributed by atoms with van der Waals surface area (Å²) in [5, 5.41) is 4.96. The predicted molar refractivity (Wildman–Crippen MR) is 81.0 cm³/mol. The SMILES string of the molecule is CCCCN(CC)S(=O)(=O)c1csc(CNCC)c1. The molecule has 1 aromatic rings. The van der Waals surface area contributed by atoms with Gasteiger partial charge in [0, 0.05) is 29.9 Å². The van der Waals surface area contributed by atoms with E-state index in [0.717, 1.165) is 30.8 Å². The molecule has 0 atom stereocenters. The van der Waals surface area contributed by atoms with Crippen molar-refractivity contribution < 1.29 is 8.42 Å². The highest BCUT2D eigenvalue weighted by Crippen LogP contribution is 2.23. The first-order chi connectivity index (χ1) is 9.06. The van der Waals surface area contributed by atoms with Crippen LogP contribution in [0.4, 0.5) is 0 Å². The van der Waals surface area contributed by atoms with Gasteiger partial charge in [-0.05, 0) is 19.0 Å². The van der Waals surface area contributed by atoms with E-state index in [2.05, 4.69) is 12.2 Å². The Morgan fingerprint density at radius 3 is 2.63 bits per heavy atom. The van der Waals surface area contributed by atoms with Crippen LogP contribution in [0.1, 0.15) is 38.5 Å². The van der Waals surface area contributed by atoms with E-state index in [0.29, 0.717) is 18.0 Å². The van der Waals surface area contributed by atoms with Gasteiger partial charge in [0.05, 0.1) is 4.90 Å². The lowest BCUT2D eigenvalue weighted by Gasteiger charge is -2.19. The van der Waals surface area contributed by atoms with Crippen molar-refractivity contribution in [1.82, 2.24) is 9.62 Å². The van der Waals surface area contributed by atoms with E-state index in [1.165, 1.54) is 11.3 Å². The average molecular weight is 304 g/mol. The summed E-state index contributed by atoms with van der Waals surface area (Å²) >= 11 is 1.50. The number of nitrogens with zero attached hydrogens (tertiary/aromatic N) is 1. The molecule has 1 rings (SSSR count). The van der Waals surface area contributed by atoms with Crippen LogP contribution in [0.15, 0.2) is 16.3 Å². The molecule has 110 valence electrons. The Morgan fingerprint density at radius 1 is 1.32 bits per heavy atom. The van der Waals surface area contributed by atoms with Crippen LogP contribution < -0.4 is 5.32 Å². The molecule has 1 N–H and O–H groups in total. The Kier molecular flexibility index (Phi) is 6.99. The minimum absolute atomic E-state index is 0.434. The van der Waals surface area contributed by atoms with Crippen molar-refractivity contribution in [3.05, 3.63) is 16.3 Å². The first-order valence-corrected chi connectivity index (χ1v) is 9.16. The van der Waals surface area contributed by atoms with Gasteiger partial charge in [-0.3, -0.25) is 0 Å². The molecule has 1 aromatic heterocycles. The fraction of sp³-hybridized carbons (Fsp3) is 0.692. The molecule has 0 saturated carbocycles. The smallest absolute Gasteiger partial charge is 0.243 e. The Labute approximate surface area is 120 Å². The van der Waals surface area contributed by atoms with Crippen LogP contribution in [-0.2, 0) is 16.6 Å². The maximum Gasteiger partial charge on any atom is 0.243 e. The van der Waals surface area contributed by atoms with Crippen molar-refractivity contribution in [2.24, 2.45) is 0 Å². The highest BCUT2D eigenvalue weighted by molar-refractivity contribution is 7.89. The van der Waals surface area contributed by atoms with Crippen LogP contribution in [0.5, 0.6) is 0 Å². The molecule has 0 aliphatic heterocycles. The Balaban J connectivity index is 2.82. The molecule has 1 heterocycles. The van der Waals surface area contributed by atoms with Crippen LogP contribution >= 0.6 is 11.3 Å². The van der Waals surface area contributed by atoms with Crippen molar-refractivity contribution >= 4 is 21.4 Å². The lowest BCUT2D eigenvalue weighted by atomic mass is 10.3. The third-order valence-electron chi connectivity index (χ3n) is 2.93. The molecule has 0 aromatic carbocycles. The summed E-state index contributed by atoms with van der Waals surface area (Å²) in [7, 11) is -3.31. The predicted octanol–water partition coefficient (Wildman–Crippen LogP) is 2.67. The Hall–Kier alpha value is -0.430. The molecular formula is C13H24N2O2S2. The van der Waals surface area contributed by atoms with Crippen LogP contribution in [0.2, 0.25) is 0 Å². The second-order valence-corrected chi connectivity index (χ2v) is 7.31. The van der Waals surface area contributed by atoms with Gasteiger partial charge in [0.2, 0.25) is 10.0 Å². The molecule has 0 fully saturated rings. The maximum absolute atomic E-state index is 12.5. The first-order valence-electron chi connectivity index (χ1n) is 6.84. The quantitative estimate of drug-likeness (QED) is 0.763. The van der Waals surface area contributed by atoms with Gasteiger partial charge in [-0.25, -0.2) is 8.42 Å². The highest BCUT2D eigenvalue weighted by atomic mass is 32.2. The first kappa shape index (κ1) is 16.6. The van der Waals surface area contributed by atoms with E-state index in [9.17, 15) is 8.42 Å². The van der Waals surface area contributed by atoms with Gasteiger partial charge in [0.25, 0.3) is 0 Å². The van der Waals surface area contributed by atoms with Crippen LogP contribution in [0.3, 0.4) is 0 Å². The molecule has 0 radical (unpaired) electrons. The van der Waals surface area contributed by atoms with E-state index in [4.69, 9.17) is 0 Å². The van der Waals surface area contributed by atoms with Crippen molar-refractivity contribution in [2.75, 3.05) is 19.6 Å². The van der Waals surface area contributed by atoms with Crippen molar-refractivity contribution in [3.63, 3.8) is 0 Å². The molecule has 0 unspecified atom stereocenters. The monoisotopic (exact) mass is 304 g/mol. The zero-order chi connectivity index (χ0) is 14.3. The average Bonchev–Trinajstić information content (AvgIpc) is 2.86. The summed E-state index contributed by atoms with van der Waals surface area (Å²) in [5.41, 5.74) is 0. The van der Waals surface area contributed by atoms with Gasteiger partial charge < -0.3 is 5.32 Å². The van der Waals surface area contributed by atoms with Gasteiger partial charge in [-0.1, -0.05) is 27.2 Å². The van der Waals surface area contributed by atoms with E-state index in [-0.39, 0.29) is 0 Å². The molecule has 0 aliphatic carbocycles. The van der Waals surface area contributed by atoms with Gasteiger partial charge in [-0.15, -0.1) is 11.3 Å². The minimum Gasteiger partial charge on any atom is -0.312 e. The lowest BCUT2D eigenvalue weighted by Crippen LogP contribution is -2.31. The van der Waals surface area contributed by atoms with E-state index in [1.54, 1.807) is 15.8 Å². The maximum atomic E-state index is 12.5. The summed E-state index contributed by atoms with van der Waals surface area (Å²) in [6.45, 7) is 8.75. The zero-order valence-corrected chi connectivity index (χ0v) is 13.6. The van der Waals surface area contributed by atoms with Crippen molar-refractivity contribution in [3.8, 4) is 0 Å². The second-order valence-electron chi connectivity index (χ2n) is 4.38. The lowest BCUT2D eigenvalue weighted by molar-refractivity contribution is 0.419. The van der Waals surface area contributed by atoms with Gasteiger partial charge in [0.1, 0.15) is 0 Å². The van der Waals surface area contributed by atoms with E-state index < -0.39 is 10.0 Å². The van der Waals surface area contributed by atoms with Crippen LogP contribution in [0.25, 0.3) is 0 Å². The van der Waals surface area contributed by atoms with Crippen molar-refractivity contribution in [2.45, 2.75) is 45.1 Å². The van der Waals surface area contributed by atoms with E-state index >= 15 is 0 Å². The third kappa shape index (κ3) is 4.56. The van der Waals surface area contributed by atoms with E-state index in [1.807, 2.05) is 13.8 Å². The van der Waals surface area contributed by atoms with Gasteiger partial charge in [-0.2, -0.15) is 4.31 Å². The molecule has 4 nitrogen and oxygen atoms in total. The van der Waals surface area contributed by atoms with Gasteiger partial charge in [0.15, 0.2) is 0 Å². The fourth-order valence-electron chi connectivity index (χ4n) is 1.77. The number of nitrogens with one attached hydrogen (secondary N) is 1. The highest BCUT2D eigenvalue weighted by Gasteiger charge is 2.23. The zero-order valence-electron chi connectivity index (χ0n) is 12.0. The summed E-state index contributed by atoms with van der Waals surface area (Å²) in [5.74, 6) is 0. The molecule has 0 saturated heterocycles. The molecule has 0 amide bonds. The Morgan fingerprint density at radius 2 is 2.05 bits per heavy atom. The number of hydrogen-bond donors (Lipinski definition) is 1. The Bertz CT molecular complexity index is 469. The number of rotatable bonds is 9. The summed E-state index contributed by atoms with van der Waals surface area (Å²) in [6, 6.07) is 1.79. The third-order valence-corrected chi connectivity index (χ3v) is 5.97. The largest absolute Gasteiger partial charge is 0.312 e. The molecule has 0 spiro atoms. The molecular weight excluding hydrogens is 280 g/mol. The number of thiophene rings is 1. The van der Waals surface area contributed by atoms with Gasteiger partial charge >= 0.3 is 0 Å². The molecule has 0 aliphatic rings. The second kappa shape index (κ2) is 7.99. The van der Waals surface area contributed by atoms with Crippen LogP contribution in [-0.4, -0.2) is 32.4 Å². The molecule has 19 heavy (non-hydrogen) atoms. The number of hydrogen-bond acceptors (Lipinski definition) is 4. The van der Waals surface area contributed by atoms with Crippen molar-refractivity contribution in [1.29, 1.82) is 0 Å². The molecule has 0 bridgehead atoms. The fourth-order valence-corrected chi connectivity index (χ4v) is 4.49. The standard InChI is InChI=1S/C13H24N2O2S2/c1-4-7-8-15(6-3)19(16,17)13-9-12(18-11-13)10-14-5-2/h9,11,14H,4-8,10H2,1-3H3. The summed E-state index contributed by atoms with van der Waals surface area (Å²) in [4.78, 5) is 1.50.